The van der Waals surface area contributed by atoms with Crippen molar-refractivity contribution in [3.8, 4) is 0 Å². The van der Waals surface area contributed by atoms with E-state index in [1.54, 1.807) is 31.2 Å². The van der Waals surface area contributed by atoms with Gasteiger partial charge in [-0.15, -0.1) is 0 Å². The Hall–Kier alpha value is -2.08. The van der Waals surface area contributed by atoms with Crippen molar-refractivity contribution in [3.05, 3.63) is 45.8 Å². The number of aliphatic hydroxyl groups excluding tert-OH is 2. The number of esters is 1. The van der Waals surface area contributed by atoms with Crippen LogP contribution in [0.15, 0.2) is 29.4 Å². The molecule has 2 atom stereocenters. The molecule has 2 N–H and O–H groups in total. The number of hydrogen-bond donors (Lipinski definition) is 2. The van der Waals surface area contributed by atoms with Crippen LogP contribution in [0.3, 0.4) is 0 Å². The highest BCUT2D eigenvalue weighted by Crippen LogP contribution is 2.19. The lowest BCUT2D eigenvalue weighted by molar-refractivity contribution is -0.142. The van der Waals surface area contributed by atoms with Gasteiger partial charge in [0.15, 0.2) is 0 Å². The molecule has 0 aliphatic carbocycles. The van der Waals surface area contributed by atoms with E-state index >= 15 is 0 Å². The van der Waals surface area contributed by atoms with E-state index < -0.39 is 12.2 Å². The third-order valence-corrected chi connectivity index (χ3v) is 2.93. The molecule has 0 heterocycles. The Labute approximate surface area is 122 Å². The van der Waals surface area contributed by atoms with Gasteiger partial charge in [0.1, 0.15) is 6.10 Å². The molecule has 1 aromatic carbocycles. The molecule has 7 nitrogen and oxygen atoms in total. The molecule has 21 heavy (non-hydrogen) atoms. The molecule has 0 saturated carbocycles. The van der Waals surface area contributed by atoms with Gasteiger partial charge in [-0.1, -0.05) is 29.4 Å². The third-order valence-electron chi connectivity index (χ3n) is 2.93. The van der Waals surface area contributed by atoms with Crippen molar-refractivity contribution in [3.63, 3.8) is 0 Å². The summed E-state index contributed by atoms with van der Waals surface area (Å²) in [6.07, 6.45) is -1.72. The maximum absolute atomic E-state index is 11.3. The minimum absolute atomic E-state index is 0.121. The fourth-order valence-electron chi connectivity index (χ4n) is 1.83. The summed E-state index contributed by atoms with van der Waals surface area (Å²) in [5.41, 5.74) is 9.46. The van der Waals surface area contributed by atoms with Crippen LogP contribution in [0.2, 0.25) is 0 Å². The number of benzene rings is 1. The minimum Gasteiger partial charge on any atom is -0.466 e. The van der Waals surface area contributed by atoms with E-state index in [4.69, 9.17) is 10.3 Å². The van der Waals surface area contributed by atoms with E-state index in [0.29, 0.717) is 12.2 Å². The highest BCUT2D eigenvalue weighted by atomic mass is 16.5. The molecule has 0 spiro atoms. The van der Waals surface area contributed by atoms with Crippen molar-refractivity contribution < 1.29 is 19.7 Å². The van der Waals surface area contributed by atoms with Gasteiger partial charge in [0.25, 0.3) is 0 Å². The molecule has 0 amide bonds. The van der Waals surface area contributed by atoms with E-state index in [9.17, 15) is 15.0 Å². The molecule has 2 unspecified atom stereocenters. The van der Waals surface area contributed by atoms with Gasteiger partial charge < -0.3 is 14.9 Å². The van der Waals surface area contributed by atoms with Crippen molar-refractivity contribution in [2.45, 2.75) is 32.0 Å². The van der Waals surface area contributed by atoms with Crippen LogP contribution in [-0.2, 0) is 16.0 Å². The predicted octanol–water partition coefficient (Wildman–Crippen LogP) is 1.89. The van der Waals surface area contributed by atoms with E-state index in [1.807, 2.05) is 0 Å². The summed E-state index contributed by atoms with van der Waals surface area (Å²) >= 11 is 0. The van der Waals surface area contributed by atoms with Crippen molar-refractivity contribution >= 4 is 5.97 Å². The molecule has 0 saturated heterocycles. The quantitative estimate of drug-likeness (QED) is 0.329. The first-order chi connectivity index (χ1) is 10.1. The topological polar surface area (TPSA) is 116 Å². The molecular formula is C14H19N3O4. The number of aliphatic hydroxyl groups is 2. The maximum atomic E-state index is 11.3. The van der Waals surface area contributed by atoms with Crippen LogP contribution in [0, 0.1) is 0 Å². The molecule has 114 valence electrons. The first-order valence-corrected chi connectivity index (χ1v) is 6.70. The number of nitrogens with zero attached hydrogens (tertiary/aromatic N) is 3. The van der Waals surface area contributed by atoms with Crippen LogP contribution in [0.5, 0.6) is 0 Å². The molecule has 1 rings (SSSR count). The average Bonchev–Trinajstić information content (AvgIpc) is 2.47. The Kier molecular flexibility index (Phi) is 7.25. The van der Waals surface area contributed by atoms with Crippen molar-refractivity contribution in [2.75, 3.05) is 13.2 Å². The number of carbonyl (C=O) groups is 1. The van der Waals surface area contributed by atoms with Crippen LogP contribution >= 0.6 is 0 Å². The van der Waals surface area contributed by atoms with E-state index in [1.165, 1.54) is 0 Å². The molecular weight excluding hydrogens is 274 g/mol. The van der Waals surface area contributed by atoms with E-state index in [2.05, 4.69) is 10.0 Å². The summed E-state index contributed by atoms with van der Waals surface area (Å²) in [7, 11) is 0. The van der Waals surface area contributed by atoms with Crippen molar-refractivity contribution in [2.24, 2.45) is 5.11 Å². The summed E-state index contributed by atoms with van der Waals surface area (Å²) in [5, 5.41) is 23.1. The van der Waals surface area contributed by atoms with Crippen LogP contribution in [0.1, 0.15) is 30.6 Å². The van der Waals surface area contributed by atoms with Gasteiger partial charge in [-0.3, -0.25) is 4.79 Å². The van der Waals surface area contributed by atoms with Gasteiger partial charge in [-0.2, -0.15) is 0 Å². The van der Waals surface area contributed by atoms with Crippen molar-refractivity contribution in [1.82, 2.24) is 0 Å². The second-order valence-electron chi connectivity index (χ2n) is 4.48. The fraction of sp³-hybridized carbons (Fsp3) is 0.500. The first kappa shape index (κ1) is 17.0. The van der Waals surface area contributed by atoms with Crippen LogP contribution in [0.4, 0.5) is 0 Å². The lowest BCUT2D eigenvalue weighted by Crippen LogP contribution is -2.19. The highest BCUT2D eigenvalue weighted by molar-refractivity contribution is 5.72. The maximum Gasteiger partial charge on any atom is 0.310 e. The van der Waals surface area contributed by atoms with Gasteiger partial charge in [-0.25, -0.2) is 0 Å². The number of rotatable bonds is 8. The Morgan fingerprint density at radius 1 is 1.38 bits per heavy atom. The highest BCUT2D eigenvalue weighted by Gasteiger charge is 2.17. The van der Waals surface area contributed by atoms with E-state index in [-0.39, 0.29) is 25.4 Å². The largest absolute Gasteiger partial charge is 0.466 e. The SMILES string of the molecule is CCOC(=O)Cc1ccc(C(O)C(O)CCN=[N+]=[N-])cc1. The molecule has 0 aliphatic rings. The summed E-state index contributed by atoms with van der Waals surface area (Å²) in [6, 6.07) is 6.71. The molecule has 0 fully saturated rings. The van der Waals surface area contributed by atoms with Gasteiger partial charge in [0.2, 0.25) is 0 Å². The zero-order valence-electron chi connectivity index (χ0n) is 11.8. The van der Waals surface area contributed by atoms with Crippen LogP contribution in [-0.4, -0.2) is 35.4 Å². The monoisotopic (exact) mass is 293 g/mol. The Morgan fingerprint density at radius 2 is 2.05 bits per heavy atom. The Morgan fingerprint density at radius 3 is 2.62 bits per heavy atom. The van der Waals surface area contributed by atoms with Crippen LogP contribution < -0.4 is 0 Å². The summed E-state index contributed by atoms with van der Waals surface area (Å²) in [4.78, 5) is 13.9. The molecule has 0 radical (unpaired) electrons. The van der Waals surface area contributed by atoms with Crippen LogP contribution in [0.25, 0.3) is 10.4 Å². The lowest BCUT2D eigenvalue weighted by atomic mass is 10.00. The standard InChI is InChI=1S/C14H19N3O4/c1-2-21-13(19)9-10-3-5-11(6-4-10)14(20)12(18)7-8-16-17-15/h3-6,12,14,18,20H,2,7-9H2,1H3. The predicted molar refractivity (Wildman–Crippen MR) is 76.4 cm³/mol. The normalized spacial score (nSPS) is 13.1. The lowest BCUT2D eigenvalue weighted by Gasteiger charge is -2.17. The number of carbonyl (C=O) groups excluding carboxylic acids is 1. The summed E-state index contributed by atoms with van der Waals surface area (Å²) in [5.74, 6) is -0.305. The number of hydrogen-bond acceptors (Lipinski definition) is 5. The van der Waals surface area contributed by atoms with Crippen molar-refractivity contribution in [1.29, 1.82) is 0 Å². The molecule has 0 aliphatic heterocycles. The van der Waals surface area contributed by atoms with Gasteiger partial charge >= 0.3 is 5.97 Å². The van der Waals surface area contributed by atoms with E-state index in [0.717, 1.165) is 5.56 Å². The second-order valence-corrected chi connectivity index (χ2v) is 4.48. The third kappa shape index (κ3) is 5.83. The van der Waals surface area contributed by atoms with Gasteiger partial charge in [-0.05, 0) is 30.0 Å². The zero-order valence-corrected chi connectivity index (χ0v) is 11.8. The molecule has 0 aromatic heterocycles. The summed E-state index contributed by atoms with van der Waals surface area (Å²) < 4.78 is 4.85. The Balaban J connectivity index is 2.59. The average molecular weight is 293 g/mol. The number of ether oxygens (including phenoxy) is 1. The first-order valence-electron chi connectivity index (χ1n) is 6.70. The second kappa shape index (κ2) is 8.97. The van der Waals surface area contributed by atoms with Gasteiger partial charge in [0, 0.05) is 11.5 Å². The zero-order chi connectivity index (χ0) is 15.7. The molecule has 0 bridgehead atoms. The van der Waals surface area contributed by atoms with Gasteiger partial charge in [0.05, 0.1) is 19.1 Å². The molecule has 1 aromatic rings. The fourth-order valence-corrected chi connectivity index (χ4v) is 1.83. The Bertz CT molecular complexity index is 497. The minimum atomic E-state index is -1.06. The number of azide groups is 1. The summed E-state index contributed by atoms with van der Waals surface area (Å²) in [6.45, 7) is 2.21. The molecule has 7 heteroatoms. The smallest absolute Gasteiger partial charge is 0.310 e.